The Labute approximate surface area is 581 Å². The van der Waals surface area contributed by atoms with E-state index in [1.165, 1.54) is 199 Å². The number of aliphatic hydroxyl groups excluding tert-OH is 1. The van der Waals surface area contributed by atoms with Crippen molar-refractivity contribution in [1.29, 1.82) is 0 Å². The molecule has 0 amide bonds. The summed E-state index contributed by atoms with van der Waals surface area (Å²) in [7, 11) is -9.91. The maximum atomic E-state index is 13.1. The van der Waals surface area contributed by atoms with Gasteiger partial charge in [-0.25, -0.2) is 9.13 Å². The monoisotopic (exact) mass is 1400 g/mol. The van der Waals surface area contributed by atoms with Crippen molar-refractivity contribution in [3.63, 3.8) is 0 Å². The lowest BCUT2D eigenvalue weighted by Gasteiger charge is -2.21. The van der Waals surface area contributed by atoms with Crippen molar-refractivity contribution in [1.82, 2.24) is 0 Å². The van der Waals surface area contributed by atoms with Crippen molar-refractivity contribution in [2.75, 3.05) is 39.6 Å². The third-order valence-electron chi connectivity index (χ3n) is 18.4. The van der Waals surface area contributed by atoms with Crippen LogP contribution in [0.4, 0.5) is 0 Å². The number of carbonyl (C=O) groups is 4. The number of phosphoric ester groups is 2. The molecule has 0 aromatic heterocycles. The predicted octanol–water partition coefficient (Wildman–Crippen LogP) is 22.2. The van der Waals surface area contributed by atoms with Crippen LogP contribution in [0.2, 0.25) is 0 Å². The molecule has 0 spiro atoms. The summed E-state index contributed by atoms with van der Waals surface area (Å²) in [5.41, 5.74) is 0. The van der Waals surface area contributed by atoms with E-state index in [1.807, 2.05) is 0 Å². The third-order valence-corrected chi connectivity index (χ3v) is 20.3. The van der Waals surface area contributed by atoms with Crippen LogP contribution in [-0.4, -0.2) is 96.7 Å². The Bertz CT molecular complexity index is 1860. The molecule has 19 heteroatoms. The Hall–Kier alpha value is -1.94. The number of esters is 4. The van der Waals surface area contributed by atoms with Gasteiger partial charge in [-0.1, -0.05) is 337 Å². The molecule has 0 radical (unpaired) electrons. The Kier molecular flexibility index (Phi) is 65.2. The van der Waals surface area contributed by atoms with Crippen molar-refractivity contribution in [2.45, 2.75) is 407 Å². The van der Waals surface area contributed by atoms with Gasteiger partial charge in [-0.3, -0.25) is 37.3 Å². The van der Waals surface area contributed by atoms with Gasteiger partial charge in [0.1, 0.15) is 19.3 Å². The van der Waals surface area contributed by atoms with E-state index in [0.29, 0.717) is 25.7 Å². The van der Waals surface area contributed by atoms with Crippen LogP contribution in [-0.2, 0) is 65.4 Å². The topological polar surface area (TPSA) is 237 Å². The number of unbranched alkanes of at least 4 members (excludes halogenated alkanes) is 40. The number of carbonyl (C=O) groups excluding carboxylic acids is 4. The third kappa shape index (κ3) is 67.6. The Morgan fingerprint density at radius 1 is 0.305 bits per heavy atom. The standard InChI is InChI=1S/C76H148O17P2/c1-8-11-12-13-14-15-19-29-36-43-50-57-73(78)86-63-72(93-76(81)60-53-46-39-32-25-23-28-35-42-49-56-69(7)10-3)66-91-95(84,85)89-62-70(77)61-88-94(82,83)90-65-71(64-87-74(79)58-51-44-37-30-24-22-27-34-41-48-55-68(6)9-2)92-75(80)59-52-45-38-31-21-18-16-17-20-26-33-40-47-54-67(4)5/h67-72,77H,8-66H2,1-7H3,(H,82,83)(H,84,85)/t68?,69?,70-,71-,72-/m1/s1. The van der Waals surface area contributed by atoms with Gasteiger partial charge in [0.15, 0.2) is 12.2 Å². The minimum atomic E-state index is -4.96. The average molecular weight is 1400 g/mol. The molecule has 0 fully saturated rings. The number of aliphatic hydroxyl groups is 1. The normalized spacial score (nSPS) is 14.6. The molecule has 0 rings (SSSR count). The summed E-state index contributed by atoms with van der Waals surface area (Å²) in [6.45, 7) is 12.0. The summed E-state index contributed by atoms with van der Waals surface area (Å²) in [5.74, 6) is 0.283. The molecular formula is C76H148O17P2. The molecule has 0 aliphatic carbocycles. The minimum Gasteiger partial charge on any atom is -0.462 e. The molecule has 0 aliphatic rings. The fraction of sp³-hybridized carbons (Fsp3) is 0.947. The van der Waals surface area contributed by atoms with E-state index in [1.54, 1.807) is 0 Å². The van der Waals surface area contributed by atoms with Gasteiger partial charge in [-0.2, -0.15) is 0 Å². The van der Waals surface area contributed by atoms with Crippen LogP contribution in [0.25, 0.3) is 0 Å². The second kappa shape index (κ2) is 66.6. The zero-order valence-corrected chi connectivity index (χ0v) is 63.9. The maximum absolute atomic E-state index is 13.1. The van der Waals surface area contributed by atoms with Crippen molar-refractivity contribution in [2.24, 2.45) is 17.8 Å². The van der Waals surface area contributed by atoms with E-state index in [2.05, 4.69) is 48.5 Å². The van der Waals surface area contributed by atoms with Crippen LogP contribution in [0.5, 0.6) is 0 Å². The number of ether oxygens (including phenoxy) is 4. The molecule has 0 saturated heterocycles. The smallest absolute Gasteiger partial charge is 0.462 e. The van der Waals surface area contributed by atoms with E-state index < -0.39 is 97.5 Å². The summed E-state index contributed by atoms with van der Waals surface area (Å²) in [6.07, 6.45) is 52.4. The van der Waals surface area contributed by atoms with E-state index in [9.17, 15) is 43.2 Å². The fourth-order valence-electron chi connectivity index (χ4n) is 11.5. The van der Waals surface area contributed by atoms with Crippen molar-refractivity contribution in [3.05, 3.63) is 0 Å². The van der Waals surface area contributed by atoms with Gasteiger partial charge < -0.3 is 33.8 Å². The number of phosphoric acid groups is 2. The van der Waals surface area contributed by atoms with E-state index >= 15 is 0 Å². The average Bonchev–Trinajstić information content (AvgIpc) is 1.57. The highest BCUT2D eigenvalue weighted by molar-refractivity contribution is 7.47. The number of rotatable bonds is 74. The largest absolute Gasteiger partial charge is 0.472 e. The van der Waals surface area contributed by atoms with Gasteiger partial charge in [-0.05, 0) is 43.4 Å². The first-order valence-corrected chi connectivity index (χ1v) is 42.4. The first-order chi connectivity index (χ1) is 45.8. The lowest BCUT2D eigenvalue weighted by molar-refractivity contribution is -0.161. The minimum absolute atomic E-state index is 0.106. The molecule has 0 aliphatic heterocycles. The lowest BCUT2D eigenvalue weighted by atomic mass is 9.99. The molecule has 95 heavy (non-hydrogen) atoms. The van der Waals surface area contributed by atoms with Crippen LogP contribution >= 0.6 is 15.6 Å². The molecule has 4 unspecified atom stereocenters. The highest BCUT2D eigenvalue weighted by Crippen LogP contribution is 2.45. The molecule has 0 saturated carbocycles. The second-order valence-electron chi connectivity index (χ2n) is 28.4. The van der Waals surface area contributed by atoms with Crippen molar-refractivity contribution >= 4 is 39.5 Å². The predicted molar refractivity (Wildman–Crippen MR) is 386 cm³/mol. The van der Waals surface area contributed by atoms with Crippen LogP contribution < -0.4 is 0 Å². The van der Waals surface area contributed by atoms with Gasteiger partial charge in [0, 0.05) is 25.7 Å². The molecule has 0 aromatic carbocycles. The van der Waals surface area contributed by atoms with E-state index in [4.69, 9.17) is 37.0 Å². The van der Waals surface area contributed by atoms with Crippen molar-refractivity contribution < 1.29 is 80.2 Å². The van der Waals surface area contributed by atoms with Gasteiger partial charge in [0.25, 0.3) is 0 Å². The van der Waals surface area contributed by atoms with Crippen molar-refractivity contribution in [3.8, 4) is 0 Å². The van der Waals surface area contributed by atoms with Gasteiger partial charge in [0.2, 0.25) is 0 Å². The lowest BCUT2D eigenvalue weighted by Crippen LogP contribution is -2.30. The van der Waals surface area contributed by atoms with Gasteiger partial charge in [0.05, 0.1) is 26.4 Å². The summed E-state index contributed by atoms with van der Waals surface area (Å²) < 4.78 is 68.6. The molecule has 0 bridgehead atoms. The molecule has 7 atom stereocenters. The number of hydrogen-bond donors (Lipinski definition) is 3. The Balaban J connectivity index is 5.27. The molecule has 3 N–H and O–H groups in total. The molecular weight excluding hydrogens is 1250 g/mol. The number of hydrogen-bond acceptors (Lipinski definition) is 15. The SMILES string of the molecule is CCCCCCCCCCCCCC(=O)OC[C@H](COP(=O)(O)OC[C@H](O)COP(=O)(O)OC[C@@H](COC(=O)CCCCCCCCCCCCC(C)CC)OC(=O)CCCCCCCCCCCCCCCC(C)C)OC(=O)CCCCCCCCCCCCC(C)CC. The van der Waals surface area contributed by atoms with Crippen LogP contribution in [0, 0.1) is 17.8 Å². The first-order valence-electron chi connectivity index (χ1n) is 39.4. The maximum Gasteiger partial charge on any atom is 0.472 e. The van der Waals surface area contributed by atoms with Gasteiger partial charge in [-0.15, -0.1) is 0 Å². The summed E-state index contributed by atoms with van der Waals surface area (Å²) >= 11 is 0. The quantitative estimate of drug-likeness (QED) is 0.0222. The highest BCUT2D eigenvalue weighted by atomic mass is 31.2. The molecule has 17 nitrogen and oxygen atoms in total. The van der Waals surface area contributed by atoms with Crippen LogP contribution in [0.15, 0.2) is 0 Å². The fourth-order valence-corrected chi connectivity index (χ4v) is 13.1. The summed E-state index contributed by atoms with van der Waals surface area (Å²) in [4.78, 5) is 72.9. The first kappa shape index (κ1) is 93.1. The second-order valence-corrected chi connectivity index (χ2v) is 31.3. The Morgan fingerprint density at radius 3 is 0.800 bits per heavy atom. The van der Waals surface area contributed by atoms with E-state index in [0.717, 1.165) is 108 Å². The molecule has 0 aromatic rings. The van der Waals surface area contributed by atoms with Crippen LogP contribution in [0.3, 0.4) is 0 Å². The highest BCUT2D eigenvalue weighted by Gasteiger charge is 2.30. The Morgan fingerprint density at radius 2 is 0.537 bits per heavy atom. The summed E-state index contributed by atoms with van der Waals surface area (Å²) in [5, 5.41) is 10.6. The molecule has 564 valence electrons. The van der Waals surface area contributed by atoms with Gasteiger partial charge >= 0.3 is 39.5 Å². The summed E-state index contributed by atoms with van der Waals surface area (Å²) in [6, 6.07) is 0. The van der Waals surface area contributed by atoms with E-state index in [-0.39, 0.29) is 25.7 Å². The zero-order chi connectivity index (χ0) is 70.1. The zero-order valence-electron chi connectivity index (χ0n) is 62.1. The molecule has 0 heterocycles. The van der Waals surface area contributed by atoms with Crippen LogP contribution in [0.1, 0.15) is 389 Å².